The number of thiophene rings is 1. The molecule has 0 amide bonds. The average molecular weight is 307 g/mol. The molecule has 0 fully saturated rings. The molecule has 0 aliphatic carbocycles. The molecule has 2 aromatic rings. The summed E-state index contributed by atoms with van der Waals surface area (Å²) in [6, 6.07) is 11.9. The Morgan fingerprint density at radius 3 is 2.59 bits per heavy atom. The van der Waals surface area contributed by atoms with Crippen LogP contribution in [-0.4, -0.2) is 7.05 Å². The van der Waals surface area contributed by atoms with Crippen molar-refractivity contribution in [1.82, 2.24) is 0 Å². The Morgan fingerprint density at radius 2 is 2.06 bits per heavy atom. The number of nitriles is 1. The van der Waals surface area contributed by atoms with Crippen LogP contribution in [0.1, 0.15) is 10.4 Å². The van der Waals surface area contributed by atoms with E-state index in [2.05, 4.69) is 45.4 Å². The van der Waals surface area contributed by atoms with Gasteiger partial charge in [-0.15, -0.1) is 11.3 Å². The van der Waals surface area contributed by atoms with Crippen LogP contribution in [0.4, 0.5) is 5.69 Å². The maximum atomic E-state index is 8.74. The molecule has 0 atom stereocenters. The summed E-state index contributed by atoms with van der Waals surface area (Å²) >= 11 is 5.19. The first kappa shape index (κ1) is 12.2. The number of anilines is 1. The van der Waals surface area contributed by atoms with Gasteiger partial charge < -0.3 is 4.90 Å². The summed E-state index contributed by atoms with van der Waals surface area (Å²) in [5.41, 5.74) is 1.81. The quantitative estimate of drug-likeness (QED) is 0.856. The van der Waals surface area contributed by atoms with Crippen LogP contribution in [0.3, 0.4) is 0 Å². The molecule has 0 unspecified atom stereocenters. The van der Waals surface area contributed by atoms with Crippen LogP contribution in [0.25, 0.3) is 0 Å². The van der Waals surface area contributed by atoms with E-state index in [1.165, 1.54) is 4.88 Å². The number of hydrogen-bond acceptors (Lipinski definition) is 3. The van der Waals surface area contributed by atoms with Gasteiger partial charge in [0.15, 0.2) is 0 Å². The molecular weight excluding hydrogens is 296 g/mol. The molecule has 1 aromatic carbocycles. The summed E-state index contributed by atoms with van der Waals surface area (Å²) in [4.78, 5) is 3.48. The molecule has 0 N–H and O–H groups in total. The molecule has 4 heteroatoms. The number of nitrogens with zero attached hydrogens (tertiary/aromatic N) is 2. The molecule has 1 heterocycles. The normalized spacial score (nSPS) is 9.94. The summed E-state index contributed by atoms with van der Waals surface area (Å²) in [5.74, 6) is 0. The Morgan fingerprint density at radius 1 is 1.35 bits per heavy atom. The van der Waals surface area contributed by atoms with Crippen molar-refractivity contribution < 1.29 is 0 Å². The van der Waals surface area contributed by atoms with E-state index >= 15 is 0 Å². The van der Waals surface area contributed by atoms with Crippen molar-refractivity contribution in [3.05, 3.63) is 50.6 Å². The molecule has 0 saturated heterocycles. The molecule has 0 radical (unpaired) electrons. The predicted octanol–water partition coefficient (Wildman–Crippen LogP) is 4.02. The maximum absolute atomic E-state index is 8.74. The van der Waals surface area contributed by atoms with Gasteiger partial charge in [-0.05, 0) is 46.3 Å². The van der Waals surface area contributed by atoms with Crippen molar-refractivity contribution in [2.75, 3.05) is 11.9 Å². The number of benzene rings is 1. The minimum absolute atomic E-state index is 0.695. The Kier molecular flexibility index (Phi) is 3.82. The van der Waals surface area contributed by atoms with Gasteiger partial charge in [-0.3, -0.25) is 0 Å². The zero-order chi connectivity index (χ0) is 12.3. The third kappa shape index (κ3) is 3.09. The lowest BCUT2D eigenvalue weighted by Gasteiger charge is -2.18. The van der Waals surface area contributed by atoms with Crippen LogP contribution in [-0.2, 0) is 6.54 Å². The third-order valence-electron chi connectivity index (χ3n) is 2.45. The topological polar surface area (TPSA) is 27.0 Å². The molecule has 0 spiro atoms. The van der Waals surface area contributed by atoms with Crippen molar-refractivity contribution in [2.24, 2.45) is 0 Å². The fourth-order valence-electron chi connectivity index (χ4n) is 1.55. The summed E-state index contributed by atoms with van der Waals surface area (Å²) in [6.45, 7) is 0.877. The highest BCUT2D eigenvalue weighted by atomic mass is 79.9. The first-order valence-electron chi connectivity index (χ1n) is 5.13. The molecule has 86 valence electrons. The molecule has 0 bridgehead atoms. The Bertz CT molecular complexity index is 539. The standard InChI is InChI=1S/C13H11BrN2S/c1-16(8-13-6-11(14)9-17-13)12-4-2-10(7-15)3-5-12/h2-6,9H,8H2,1H3. The Balaban J connectivity index is 2.09. The van der Waals surface area contributed by atoms with Crippen molar-refractivity contribution in [3.63, 3.8) is 0 Å². The van der Waals surface area contributed by atoms with Gasteiger partial charge in [-0.25, -0.2) is 0 Å². The molecule has 17 heavy (non-hydrogen) atoms. The zero-order valence-electron chi connectivity index (χ0n) is 9.35. The van der Waals surface area contributed by atoms with Crippen molar-refractivity contribution >= 4 is 33.0 Å². The SMILES string of the molecule is CN(Cc1cc(Br)cs1)c1ccc(C#N)cc1. The van der Waals surface area contributed by atoms with E-state index < -0.39 is 0 Å². The third-order valence-corrected chi connectivity index (χ3v) is 4.13. The van der Waals surface area contributed by atoms with E-state index in [1.54, 1.807) is 11.3 Å². The van der Waals surface area contributed by atoms with Gasteiger partial charge in [-0.2, -0.15) is 5.26 Å². The maximum Gasteiger partial charge on any atom is 0.0991 e. The Labute approximate surface area is 113 Å². The fraction of sp³-hybridized carbons (Fsp3) is 0.154. The van der Waals surface area contributed by atoms with E-state index in [4.69, 9.17) is 5.26 Å². The number of halogens is 1. The molecule has 0 saturated carbocycles. The van der Waals surface area contributed by atoms with Crippen molar-refractivity contribution in [1.29, 1.82) is 5.26 Å². The highest BCUT2D eigenvalue weighted by Gasteiger charge is 2.04. The van der Waals surface area contributed by atoms with Crippen LogP contribution in [0.15, 0.2) is 40.2 Å². The van der Waals surface area contributed by atoms with Gasteiger partial charge in [0.1, 0.15) is 0 Å². The second-order valence-electron chi connectivity index (χ2n) is 3.75. The summed E-state index contributed by atoms with van der Waals surface area (Å²) in [7, 11) is 2.05. The van der Waals surface area contributed by atoms with Gasteiger partial charge in [-0.1, -0.05) is 0 Å². The minimum atomic E-state index is 0.695. The van der Waals surface area contributed by atoms with Crippen LogP contribution >= 0.6 is 27.3 Å². The van der Waals surface area contributed by atoms with Crippen LogP contribution < -0.4 is 4.90 Å². The fourth-order valence-corrected chi connectivity index (χ4v) is 3.06. The van der Waals surface area contributed by atoms with Gasteiger partial charge in [0, 0.05) is 27.5 Å². The van der Waals surface area contributed by atoms with Gasteiger partial charge >= 0.3 is 0 Å². The first-order chi connectivity index (χ1) is 8.19. The Hall–Kier alpha value is -1.31. The number of hydrogen-bond donors (Lipinski definition) is 0. The lowest BCUT2D eigenvalue weighted by Crippen LogP contribution is -2.15. The van der Waals surface area contributed by atoms with Crippen LogP contribution in [0, 0.1) is 11.3 Å². The summed E-state index contributed by atoms with van der Waals surface area (Å²) in [6.07, 6.45) is 0. The van der Waals surface area contributed by atoms with Gasteiger partial charge in [0.2, 0.25) is 0 Å². The van der Waals surface area contributed by atoms with E-state index in [0.29, 0.717) is 5.56 Å². The van der Waals surface area contributed by atoms with Crippen LogP contribution in [0.5, 0.6) is 0 Å². The molecule has 1 aromatic heterocycles. The van der Waals surface area contributed by atoms with E-state index in [-0.39, 0.29) is 0 Å². The lowest BCUT2D eigenvalue weighted by atomic mass is 10.2. The number of rotatable bonds is 3. The van der Waals surface area contributed by atoms with Crippen molar-refractivity contribution in [2.45, 2.75) is 6.54 Å². The monoisotopic (exact) mass is 306 g/mol. The molecule has 0 aliphatic rings. The second kappa shape index (κ2) is 5.35. The molecule has 2 nitrogen and oxygen atoms in total. The van der Waals surface area contributed by atoms with Crippen LogP contribution in [0.2, 0.25) is 0 Å². The van der Waals surface area contributed by atoms with Gasteiger partial charge in [0.05, 0.1) is 18.2 Å². The van der Waals surface area contributed by atoms with Gasteiger partial charge in [0.25, 0.3) is 0 Å². The van der Waals surface area contributed by atoms with Crippen molar-refractivity contribution in [3.8, 4) is 6.07 Å². The van der Waals surface area contributed by atoms with E-state index in [9.17, 15) is 0 Å². The molecular formula is C13H11BrN2S. The highest BCUT2D eigenvalue weighted by molar-refractivity contribution is 9.10. The lowest BCUT2D eigenvalue weighted by molar-refractivity contribution is 0.940. The zero-order valence-corrected chi connectivity index (χ0v) is 11.8. The summed E-state index contributed by atoms with van der Waals surface area (Å²) < 4.78 is 1.13. The van der Waals surface area contributed by atoms with E-state index in [1.807, 2.05) is 24.3 Å². The first-order valence-corrected chi connectivity index (χ1v) is 6.80. The second-order valence-corrected chi connectivity index (χ2v) is 5.66. The smallest absolute Gasteiger partial charge is 0.0991 e. The van der Waals surface area contributed by atoms with E-state index in [0.717, 1.165) is 16.7 Å². The largest absolute Gasteiger partial charge is 0.369 e. The molecule has 0 aliphatic heterocycles. The predicted molar refractivity (Wildman–Crippen MR) is 75.3 cm³/mol. The highest BCUT2D eigenvalue weighted by Crippen LogP contribution is 2.23. The molecule has 2 rings (SSSR count). The minimum Gasteiger partial charge on any atom is -0.369 e. The average Bonchev–Trinajstić information content (AvgIpc) is 2.75. The summed E-state index contributed by atoms with van der Waals surface area (Å²) in [5, 5.41) is 10.8.